The Morgan fingerprint density at radius 3 is 2.43 bits per heavy atom. The van der Waals surface area contributed by atoms with Crippen LogP contribution >= 0.6 is 0 Å². The van der Waals surface area contributed by atoms with Crippen LogP contribution in [0.25, 0.3) is 0 Å². The van der Waals surface area contributed by atoms with E-state index in [4.69, 9.17) is 10.5 Å². The molecule has 0 bridgehead atoms. The fraction of sp³-hybridized carbons (Fsp3) is 0.606. The third kappa shape index (κ3) is 5.16. The Morgan fingerprint density at radius 2 is 1.89 bits per heavy atom. The molecule has 1 fully saturated rings. The van der Waals surface area contributed by atoms with Crippen molar-refractivity contribution >= 4 is 30.3 Å². The average Bonchev–Trinajstić information content (AvgIpc) is 3.76. The van der Waals surface area contributed by atoms with Gasteiger partial charge in [-0.25, -0.2) is 0 Å². The molecule has 0 heterocycles. The molecule has 0 aromatic heterocycles. The molecule has 0 saturated heterocycles. The zero-order valence-electron chi connectivity index (χ0n) is 26.9. The molecule has 0 radical (unpaired) electrons. The molecule has 11 heteroatoms. The number of aliphatic hydroxyl groups is 3. The molecule has 0 aliphatic heterocycles. The monoisotopic (exact) mass is 606 g/mol. The van der Waals surface area contributed by atoms with E-state index in [2.05, 4.69) is 24.2 Å². The quantitative estimate of drug-likeness (QED) is 0.279. The Labute approximate surface area is 261 Å². The summed E-state index contributed by atoms with van der Waals surface area (Å²) < 4.78 is 5.84. The van der Waals surface area contributed by atoms with E-state index in [0.717, 1.165) is 55.2 Å². The number of fused-ring (bicyclic) bond motifs is 3. The molecule has 5 rings (SSSR count). The normalized spacial score (nSPS) is 26.6. The van der Waals surface area contributed by atoms with E-state index in [1.807, 2.05) is 20.2 Å². The second-order valence-electron chi connectivity index (χ2n) is 13.5. The molecule has 4 atom stereocenters. The Hall–Kier alpha value is -3.15. The Bertz CT molecular complexity index is 1450. The first-order chi connectivity index (χ1) is 20.8. The SMILES string of the molecule is B=C1C(C(N)=O)=C(O)[C@@H](N(C)C)[C@@H]2C[C@@H]3Cc4c(c(OC)cc(CN(CCCC)CC5CC5)c4N(C)C)C(=O)C3=C(O)[C@]12O. The van der Waals surface area contributed by atoms with Crippen LogP contribution in [0.4, 0.5) is 5.69 Å². The third-order valence-electron chi connectivity index (χ3n) is 10.0. The summed E-state index contributed by atoms with van der Waals surface area (Å²) >= 11 is 0. The van der Waals surface area contributed by atoms with E-state index in [1.54, 1.807) is 26.1 Å². The van der Waals surface area contributed by atoms with Crippen LogP contribution < -0.4 is 15.4 Å². The first-order valence-corrected chi connectivity index (χ1v) is 15.7. The van der Waals surface area contributed by atoms with Crippen molar-refractivity contribution < 1.29 is 29.6 Å². The van der Waals surface area contributed by atoms with E-state index in [0.29, 0.717) is 17.7 Å². The minimum absolute atomic E-state index is 0.0918. The van der Waals surface area contributed by atoms with Gasteiger partial charge in [-0.3, -0.25) is 0 Å². The number of ether oxygens (including phenoxy) is 1. The van der Waals surface area contributed by atoms with Crippen LogP contribution in [-0.2, 0) is 17.8 Å². The Balaban J connectivity index is 1.65. The number of carbonyl (C=O) groups excluding carboxylic acids is 2. The van der Waals surface area contributed by atoms with Crippen molar-refractivity contribution in [1.82, 2.24) is 9.80 Å². The maximum absolute atomic E-state index is 14.4. The van der Waals surface area contributed by atoms with Gasteiger partial charge in [-0.05, 0) is 25.2 Å². The first-order valence-electron chi connectivity index (χ1n) is 15.7. The van der Waals surface area contributed by atoms with Gasteiger partial charge in [0.15, 0.2) is 0 Å². The summed E-state index contributed by atoms with van der Waals surface area (Å²) in [6, 6.07) is 1.11. The van der Waals surface area contributed by atoms with Crippen molar-refractivity contribution in [3.8, 4) is 5.75 Å². The van der Waals surface area contributed by atoms with Crippen LogP contribution in [-0.4, -0.2) is 110 Å². The van der Waals surface area contributed by atoms with Crippen LogP contribution in [0.5, 0.6) is 5.75 Å². The number of rotatable bonds is 11. The zero-order chi connectivity index (χ0) is 32.2. The van der Waals surface area contributed by atoms with Crippen molar-refractivity contribution in [2.45, 2.75) is 63.6 Å². The minimum atomic E-state index is -2.16. The fourth-order valence-corrected chi connectivity index (χ4v) is 7.88. The molecule has 1 aromatic rings. The number of allylic oxidation sites excluding steroid dienone is 1. The van der Waals surface area contributed by atoms with Gasteiger partial charge in [0.2, 0.25) is 0 Å². The number of carbonyl (C=O) groups is 2. The Morgan fingerprint density at radius 1 is 1.20 bits per heavy atom. The molecule has 1 aromatic carbocycles. The van der Waals surface area contributed by atoms with Crippen molar-refractivity contribution in [3.05, 3.63) is 45.4 Å². The summed E-state index contributed by atoms with van der Waals surface area (Å²) in [5.74, 6) is -2.27. The van der Waals surface area contributed by atoms with Crippen molar-refractivity contribution in [2.75, 3.05) is 53.3 Å². The number of ketones is 1. The number of aliphatic hydroxyl groups excluding tert-OH is 2. The van der Waals surface area contributed by atoms with Gasteiger partial charge in [-0.15, -0.1) is 0 Å². The molecule has 0 unspecified atom stereocenters. The number of unbranched alkanes of at least 4 members (excludes halogenated alkanes) is 1. The number of hydrogen-bond acceptors (Lipinski definition) is 9. The standard InChI is InChI=1S/C33H47BN4O6/c1-7-8-11-38(15-17-9-10-17)16-19-14-22(44-6)24-20(26(19)36(2)3)12-18-13-21-27(37(4)5)29(40)25(32(35)42)30(34)33(21,43)31(41)23(18)28(24)39/h14,17-18,21,27,34,40-41,43H,7-13,15-16H2,1-6H3,(H2,35,42)/t18-,21-,27-,33+/m0/s1. The second kappa shape index (κ2) is 12.0. The fourth-order valence-electron chi connectivity index (χ4n) is 7.88. The number of methoxy groups -OCH3 is 1. The second-order valence-corrected chi connectivity index (χ2v) is 13.5. The van der Waals surface area contributed by atoms with Crippen LogP contribution in [0.15, 0.2) is 28.7 Å². The average molecular weight is 607 g/mol. The molecule has 44 heavy (non-hydrogen) atoms. The van der Waals surface area contributed by atoms with Crippen LogP contribution in [0, 0.1) is 17.8 Å². The number of primary amides is 1. The van der Waals surface area contributed by atoms with Gasteiger partial charge < -0.3 is 0 Å². The zero-order valence-corrected chi connectivity index (χ0v) is 26.9. The Kier molecular flexibility index (Phi) is 8.79. The predicted octanol–water partition coefficient (Wildman–Crippen LogP) is 2.01. The summed E-state index contributed by atoms with van der Waals surface area (Å²) in [7, 11) is 12.9. The predicted molar refractivity (Wildman–Crippen MR) is 173 cm³/mol. The number of benzene rings is 1. The van der Waals surface area contributed by atoms with E-state index in [1.165, 1.54) is 12.8 Å². The van der Waals surface area contributed by atoms with E-state index >= 15 is 0 Å². The van der Waals surface area contributed by atoms with Gasteiger partial charge in [0.1, 0.15) is 0 Å². The number of amides is 1. The molecule has 0 spiro atoms. The number of anilines is 1. The molecule has 238 valence electrons. The summed E-state index contributed by atoms with van der Waals surface area (Å²) in [5.41, 5.74) is 6.31. The molecule has 5 N–H and O–H groups in total. The van der Waals surface area contributed by atoms with Gasteiger partial charge in [-0.1, -0.05) is 13.3 Å². The molecular weight excluding hydrogens is 559 g/mol. The first kappa shape index (κ1) is 32.3. The summed E-state index contributed by atoms with van der Waals surface area (Å²) in [5, 5.41) is 35.2. The molecule has 4 aliphatic carbocycles. The molecule has 1 amide bonds. The number of hydrogen-bond donors (Lipinski definition) is 4. The van der Waals surface area contributed by atoms with Crippen molar-refractivity contribution in [1.29, 1.82) is 0 Å². The van der Waals surface area contributed by atoms with E-state index in [-0.39, 0.29) is 28.8 Å². The van der Waals surface area contributed by atoms with Gasteiger partial charge in [0, 0.05) is 0 Å². The maximum atomic E-state index is 14.4. The van der Waals surface area contributed by atoms with Crippen molar-refractivity contribution in [2.24, 2.45) is 23.5 Å². The van der Waals surface area contributed by atoms with Gasteiger partial charge in [-0.2, -0.15) is 0 Å². The van der Waals surface area contributed by atoms with Gasteiger partial charge in [0.05, 0.1) is 0 Å². The molecular formula is C33H47BN4O6. The van der Waals surface area contributed by atoms with Crippen LogP contribution in [0.3, 0.4) is 0 Å². The third-order valence-corrected chi connectivity index (χ3v) is 10.0. The van der Waals surface area contributed by atoms with E-state index in [9.17, 15) is 24.9 Å². The number of nitrogens with zero attached hydrogens (tertiary/aromatic N) is 3. The van der Waals surface area contributed by atoms with Gasteiger partial charge >= 0.3 is 223 Å². The number of likely N-dealkylation sites (N-methyl/N-ethyl adjacent to an activating group) is 1. The molecule has 4 aliphatic rings. The summed E-state index contributed by atoms with van der Waals surface area (Å²) in [6.07, 6.45) is 5.46. The van der Waals surface area contributed by atoms with Crippen LogP contribution in [0.1, 0.15) is 60.5 Å². The van der Waals surface area contributed by atoms with Gasteiger partial charge in [0.25, 0.3) is 0 Å². The molecule has 10 nitrogen and oxygen atoms in total. The number of Topliss-reactive ketones (excluding diaryl/α,β-unsaturated/α-hetero) is 1. The van der Waals surface area contributed by atoms with E-state index < -0.39 is 40.9 Å². The summed E-state index contributed by atoms with van der Waals surface area (Å²) in [4.78, 5) is 33.1. The molecule has 1 saturated carbocycles. The van der Waals surface area contributed by atoms with Crippen LogP contribution in [0.2, 0.25) is 0 Å². The topological polar surface area (TPSA) is 140 Å². The van der Waals surface area contributed by atoms with Crippen molar-refractivity contribution in [3.63, 3.8) is 0 Å². The number of nitrogens with two attached hydrogens (primary N) is 1. The summed E-state index contributed by atoms with van der Waals surface area (Å²) in [6.45, 7) is 4.99.